The third-order valence-electron chi connectivity index (χ3n) is 6.89. The lowest BCUT2D eigenvalue weighted by Gasteiger charge is -2.12. The van der Waals surface area contributed by atoms with Crippen molar-refractivity contribution in [3.8, 4) is 28.3 Å². The second-order valence-electron chi connectivity index (χ2n) is 9.21. The zero-order valence-electron chi connectivity index (χ0n) is 19.9. The first kappa shape index (κ1) is 20.6. The number of nitrogens with zero attached hydrogens (tertiary/aromatic N) is 3. The smallest absolute Gasteiger partial charge is 0.235 e. The quantitative estimate of drug-likeness (QED) is 0.265. The standard InChI is InChI=1S/C33H23N3/c1-22-15-20-27-26-11-6-8-14-30(26)36(31(27)21-22)33-34-29-13-7-5-12-28(29)32(35-33)25-18-16-24(17-19-25)23-9-3-2-4-10-23/h2-21H,1H3. The van der Waals surface area contributed by atoms with E-state index in [1.165, 1.54) is 27.5 Å². The molecule has 0 spiro atoms. The molecule has 0 fully saturated rings. The molecule has 0 saturated carbocycles. The van der Waals surface area contributed by atoms with Gasteiger partial charge in [0.1, 0.15) is 0 Å². The molecule has 3 heteroatoms. The molecule has 0 atom stereocenters. The van der Waals surface area contributed by atoms with E-state index in [0.29, 0.717) is 5.95 Å². The summed E-state index contributed by atoms with van der Waals surface area (Å²) in [5, 5.41) is 3.46. The Bertz CT molecular complexity index is 1880. The molecule has 0 aliphatic heterocycles. The van der Waals surface area contributed by atoms with Crippen LogP contribution in [0.15, 0.2) is 121 Å². The summed E-state index contributed by atoms with van der Waals surface area (Å²) >= 11 is 0. The van der Waals surface area contributed by atoms with Crippen molar-refractivity contribution in [1.82, 2.24) is 14.5 Å². The van der Waals surface area contributed by atoms with Crippen LogP contribution < -0.4 is 0 Å². The van der Waals surface area contributed by atoms with Crippen molar-refractivity contribution in [2.45, 2.75) is 6.92 Å². The van der Waals surface area contributed by atoms with Gasteiger partial charge in [0.05, 0.1) is 22.2 Å². The Labute approximate surface area is 209 Å². The molecule has 0 saturated heterocycles. The van der Waals surface area contributed by atoms with Gasteiger partial charge in [0.2, 0.25) is 5.95 Å². The molecular weight excluding hydrogens is 438 g/mol. The van der Waals surface area contributed by atoms with E-state index in [2.05, 4.69) is 121 Å². The zero-order chi connectivity index (χ0) is 24.1. The van der Waals surface area contributed by atoms with Crippen LogP contribution in [-0.2, 0) is 0 Å². The lowest BCUT2D eigenvalue weighted by Crippen LogP contribution is -2.03. The van der Waals surface area contributed by atoms with Gasteiger partial charge in [-0.25, -0.2) is 9.97 Å². The van der Waals surface area contributed by atoms with Gasteiger partial charge in [-0.3, -0.25) is 4.57 Å². The number of aryl methyl sites for hydroxylation is 1. The highest BCUT2D eigenvalue weighted by molar-refractivity contribution is 6.09. The molecule has 0 unspecified atom stereocenters. The average molecular weight is 462 g/mol. The summed E-state index contributed by atoms with van der Waals surface area (Å²) in [5.41, 5.74) is 8.79. The Kier molecular flexibility index (Phi) is 4.68. The summed E-state index contributed by atoms with van der Waals surface area (Å²) in [6.07, 6.45) is 0. The Morgan fingerprint density at radius 3 is 1.97 bits per heavy atom. The molecule has 36 heavy (non-hydrogen) atoms. The number of fused-ring (bicyclic) bond motifs is 4. The van der Waals surface area contributed by atoms with E-state index in [1.54, 1.807) is 0 Å². The number of benzene rings is 5. The van der Waals surface area contributed by atoms with Gasteiger partial charge >= 0.3 is 0 Å². The fourth-order valence-corrected chi connectivity index (χ4v) is 5.13. The molecule has 7 aromatic rings. The van der Waals surface area contributed by atoms with E-state index in [9.17, 15) is 0 Å². The summed E-state index contributed by atoms with van der Waals surface area (Å²) in [6, 6.07) is 42.5. The Hall–Kier alpha value is -4.76. The monoisotopic (exact) mass is 461 g/mol. The maximum Gasteiger partial charge on any atom is 0.235 e. The summed E-state index contributed by atoms with van der Waals surface area (Å²) < 4.78 is 2.20. The number of rotatable bonds is 3. The van der Waals surface area contributed by atoms with Crippen LogP contribution in [0, 0.1) is 6.92 Å². The number of hydrogen-bond donors (Lipinski definition) is 0. The second kappa shape index (κ2) is 8.17. The average Bonchev–Trinajstić information content (AvgIpc) is 3.26. The summed E-state index contributed by atoms with van der Waals surface area (Å²) in [4.78, 5) is 10.2. The van der Waals surface area contributed by atoms with E-state index in [-0.39, 0.29) is 0 Å². The molecule has 2 aromatic heterocycles. The molecule has 0 radical (unpaired) electrons. The Balaban J connectivity index is 1.48. The van der Waals surface area contributed by atoms with Crippen molar-refractivity contribution in [3.63, 3.8) is 0 Å². The molecule has 7 rings (SSSR count). The van der Waals surface area contributed by atoms with Gasteiger partial charge in [0.25, 0.3) is 0 Å². The van der Waals surface area contributed by atoms with Crippen molar-refractivity contribution in [2.24, 2.45) is 0 Å². The van der Waals surface area contributed by atoms with Crippen molar-refractivity contribution in [3.05, 3.63) is 127 Å². The van der Waals surface area contributed by atoms with Gasteiger partial charge in [-0.05, 0) is 41.8 Å². The lowest BCUT2D eigenvalue weighted by molar-refractivity contribution is 1.01. The molecule has 0 N–H and O–H groups in total. The fourth-order valence-electron chi connectivity index (χ4n) is 5.13. The molecule has 0 aliphatic carbocycles. The molecule has 0 bridgehead atoms. The van der Waals surface area contributed by atoms with E-state index in [0.717, 1.165) is 33.2 Å². The first-order valence-electron chi connectivity index (χ1n) is 12.2. The largest absolute Gasteiger partial charge is 0.278 e. The van der Waals surface area contributed by atoms with E-state index in [1.807, 2.05) is 12.1 Å². The number of hydrogen-bond acceptors (Lipinski definition) is 2. The summed E-state index contributed by atoms with van der Waals surface area (Å²) in [7, 11) is 0. The predicted octanol–water partition coefficient (Wildman–Crippen LogP) is 8.37. The molecule has 0 aliphatic rings. The highest BCUT2D eigenvalue weighted by Gasteiger charge is 2.17. The van der Waals surface area contributed by atoms with Crippen LogP contribution in [0.5, 0.6) is 0 Å². The number of para-hydroxylation sites is 2. The molecule has 5 aromatic carbocycles. The van der Waals surface area contributed by atoms with Crippen LogP contribution in [0.25, 0.3) is 61.0 Å². The molecule has 2 heterocycles. The molecule has 0 amide bonds. The van der Waals surface area contributed by atoms with Gasteiger partial charge in [-0.15, -0.1) is 0 Å². The minimum Gasteiger partial charge on any atom is -0.278 e. The lowest BCUT2D eigenvalue weighted by atomic mass is 10.0. The summed E-state index contributed by atoms with van der Waals surface area (Å²) in [5.74, 6) is 0.688. The van der Waals surface area contributed by atoms with Crippen molar-refractivity contribution in [1.29, 1.82) is 0 Å². The van der Waals surface area contributed by atoms with Crippen LogP contribution in [0.4, 0.5) is 0 Å². The Morgan fingerprint density at radius 2 is 1.14 bits per heavy atom. The normalized spacial score (nSPS) is 11.5. The van der Waals surface area contributed by atoms with Crippen LogP contribution in [-0.4, -0.2) is 14.5 Å². The zero-order valence-corrected chi connectivity index (χ0v) is 19.9. The molecular formula is C33H23N3. The van der Waals surface area contributed by atoms with Gasteiger partial charge in [0.15, 0.2) is 0 Å². The van der Waals surface area contributed by atoms with E-state index in [4.69, 9.17) is 9.97 Å². The molecule has 170 valence electrons. The van der Waals surface area contributed by atoms with Crippen LogP contribution in [0.2, 0.25) is 0 Å². The SMILES string of the molecule is Cc1ccc2c3ccccc3n(-c3nc(-c4ccc(-c5ccccc5)cc4)c4ccccc4n3)c2c1. The second-order valence-corrected chi connectivity index (χ2v) is 9.21. The van der Waals surface area contributed by atoms with Crippen LogP contribution >= 0.6 is 0 Å². The summed E-state index contributed by atoms with van der Waals surface area (Å²) in [6.45, 7) is 2.13. The maximum absolute atomic E-state index is 5.20. The minimum atomic E-state index is 0.688. The highest BCUT2D eigenvalue weighted by atomic mass is 15.2. The topological polar surface area (TPSA) is 30.7 Å². The van der Waals surface area contributed by atoms with Crippen LogP contribution in [0.3, 0.4) is 0 Å². The van der Waals surface area contributed by atoms with Crippen molar-refractivity contribution in [2.75, 3.05) is 0 Å². The predicted molar refractivity (Wildman–Crippen MR) is 149 cm³/mol. The van der Waals surface area contributed by atoms with Crippen molar-refractivity contribution < 1.29 is 0 Å². The van der Waals surface area contributed by atoms with Crippen LogP contribution in [0.1, 0.15) is 5.56 Å². The third-order valence-corrected chi connectivity index (χ3v) is 6.89. The number of aromatic nitrogens is 3. The van der Waals surface area contributed by atoms with E-state index < -0.39 is 0 Å². The van der Waals surface area contributed by atoms with Gasteiger partial charge in [-0.2, -0.15) is 0 Å². The van der Waals surface area contributed by atoms with E-state index >= 15 is 0 Å². The molecule has 3 nitrogen and oxygen atoms in total. The Morgan fingerprint density at radius 1 is 0.500 bits per heavy atom. The maximum atomic E-state index is 5.20. The first-order chi connectivity index (χ1) is 17.8. The van der Waals surface area contributed by atoms with Gasteiger partial charge < -0.3 is 0 Å². The van der Waals surface area contributed by atoms with Gasteiger partial charge in [0, 0.05) is 21.7 Å². The van der Waals surface area contributed by atoms with Gasteiger partial charge in [-0.1, -0.05) is 103 Å². The third kappa shape index (κ3) is 3.29. The first-order valence-corrected chi connectivity index (χ1v) is 12.2. The highest BCUT2D eigenvalue weighted by Crippen LogP contribution is 2.34. The van der Waals surface area contributed by atoms with Crippen molar-refractivity contribution >= 4 is 32.7 Å². The fraction of sp³-hybridized carbons (Fsp3) is 0.0303. The minimum absolute atomic E-state index is 0.688.